The van der Waals surface area contributed by atoms with Gasteiger partial charge in [-0.05, 0) is 55.8 Å². The van der Waals surface area contributed by atoms with Crippen LogP contribution in [0.5, 0.6) is 0 Å². The SMILES string of the molecule is CN(C)CC1CCC(=O)C=C1c1cccc(F)c1. The fraction of sp³-hybridized carbons (Fsp3) is 0.400. The third kappa shape index (κ3) is 3.05. The molecule has 0 radical (unpaired) electrons. The van der Waals surface area contributed by atoms with Gasteiger partial charge in [0.1, 0.15) is 5.82 Å². The molecule has 1 aliphatic rings. The molecule has 2 nitrogen and oxygen atoms in total. The number of rotatable bonds is 3. The van der Waals surface area contributed by atoms with E-state index in [4.69, 9.17) is 0 Å². The lowest BCUT2D eigenvalue weighted by molar-refractivity contribution is -0.115. The Kier molecular flexibility index (Phi) is 3.92. The van der Waals surface area contributed by atoms with Crippen molar-refractivity contribution >= 4 is 11.4 Å². The summed E-state index contributed by atoms with van der Waals surface area (Å²) in [6.45, 7) is 0.885. The van der Waals surface area contributed by atoms with E-state index in [9.17, 15) is 9.18 Å². The number of hydrogen-bond acceptors (Lipinski definition) is 2. The van der Waals surface area contributed by atoms with E-state index in [2.05, 4.69) is 4.90 Å². The van der Waals surface area contributed by atoms with Gasteiger partial charge in [0.25, 0.3) is 0 Å². The van der Waals surface area contributed by atoms with Crippen molar-refractivity contribution in [1.82, 2.24) is 4.90 Å². The summed E-state index contributed by atoms with van der Waals surface area (Å²) in [6, 6.07) is 6.50. The summed E-state index contributed by atoms with van der Waals surface area (Å²) in [5.74, 6) is 0.193. The van der Waals surface area contributed by atoms with Crippen molar-refractivity contribution in [3.63, 3.8) is 0 Å². The van der Waals surface area contributed by atoms with Crippen LogP contribution in [0, 0.1) is 11.7 Å². The van der Waals surface area contributed by atoms with E-state index in [1.165, 1.54) is 12.1 Å². The van der Waals surface area contributed by atoms with Gasteiger partial charge in [-0.15, -0.1) is 0 Å². The maximum Gasteiger partial charge on any atom is 0.156 e. The number of carbonyl (C=O) groups is 1. The van der Waals surface area contributed by atoms with E-state index < -0.39 is 0 Å². The van der Waals surface area contributed by atoms with Crippen molar-refractivity contribution < 1.29 is 9.18 Å². The Hall–Kier alpha value is -1.48. The molecule has 2 rings (SSSR count). The van der Waals surface area contributed by atoms with Crippen LogP contribution in [0.2, 0.25) is 0 Å². The highest BCUT2D eigenvalue weighted by Crippen LogP contribution is 2.31. The average molecular weight is 247 g/mol. The molecule has 0 saturated carbocycles. The predicted octanol–water partition coefficient (Wildman–Crippen LogP) is 2.75. The maximum absolute atomic E-state index is 13.3. The highest BCUT2D eigenvalue weighted by Gasteiger charge is 2.23. The minimum atomic E-state index is -0.255. The topological polar surface area (TPSA) is 20.3 Å². The molecule has 1 aromatic carbocycles. The lowest BCUT2D eigenvalue weighted by atomic mass is 9.83. The van der Waals surface area contributed by atoms with Gasteiger partial charge in [0.15, 0.2) is 5.78 Å². The zero-order valence-electron chi connectivity index (χ0n) is 10.8. The molecule has 0 aliphatic heterocycles. The second-order valence-corrected chi connectivity index (χ2v) is 5.07. The summed E-state index contributed by atoms with van der Waals surface area (Å²) in [4.78, 5) is 13.7. The molecule has 3 heteroatoms. The van der Waals surface area contributed by atoms with Gasteiger partial charge >= 0.3 is 0 Å². The Labute approximate surface area is 107 Å². The second-order valence-electron chi connectivity index (χ2n) is 5.07. The molecule has 0 aromatic heterocycles. The summed E-state index contributed by atoms with van der Waals surface area (Å²) in [5.41, 5.74) is 1.80. The second kappa shape index (κ2) is 5.44. The van der Waals surface area contributed by atoms with Gasteiger partial charge in [-0.25, -0.2) is 4.39 Å². The highest BCUT2D eigenvalue weighted by molar-refractivity contribution is 5.98. The Bertz CT molecular complexity index is 479. The molecule has 1 aromatic rings. The van der Waals surface area contributed by atoms with Gasteiger partial charge < -0.3 is 4.90 Å². The van der Waals surface area contributed by atoms with Crippen LogP contribution in [0.1, 0.15) is 18.4 Å². The maximum atomic E-state index is 13.3. The average Bonchev–Trinajstić information content (AvgIpc) is 2.31. The summed E-state index contributed by atoms with van der Waals surface area (Å²) in [7, 11) is 4.03. The van der Waals surface area contributed by atoms with Crippen LogP contribution in [0.25, 0.3) is 5.57 Å². The third-order valence-electron chi connectivity index (χ3n) is 3.24. The zero-order valence-corrected chi connectivity index (χ0v) is 10.8. The summed E-state index contributed by atoms with van der Waals surface area (Å²) in [5, 5.41) is 0. The number of nitrogens with zero attached hydrogens (tertiary/aromatic N) is 1. The Morgan fingerprint density at radius 2 is 2.17 bits per heavy atom. The molecular weight excluding hydrogens is 229 g/mol. The number of halogens is 1. The first-order valence-electron chi connectivity index (χ1n) is 6.21. The summed E-state index contributed by atoms with van der Waals surface area (Å²) >= 11 is 0. The fourth-order valence-electron chi connectivity index (χ4n) is 2.45. The zero-order chi connectivity index (χ0) is 13.1. The number of allylic oxidation sites excluding steroid dienone is 1. The van der Waals surface area contributed by atoms with Gasteiger partial charge in [-0.2, -0.15) is 0 Å². The van der Waals surface area contributed by atoms with Crippen molar-refractivity contribution in [3.05, 3.63) is 41.7 Å². The minimum Gasteiger partial charge on any atom is -0.309 e. The molecule has 1 aliphatic carbocycles. The highest BCUT2D eigenvalue weighted by atomic mass is 19.1. The third-order valence-corrected chi connectivity index (χ3v) is 3.24. The van der Waals surface area contributed by atoms with Crippen molar-refractivity contribution in [1.29, 1.82) is 0 Å². The van der Waals surface area contributed by atoms with Crippen LogP contribution in [0.15, 0.2) is 30.3 Å². The largest absolute Gasteiger partial charge is 0.309 e. The first-order valence-corrected chi connectivity index (χ1v) is 6.21. The number of benzene rings is 1. The Balaban J connectivity index is 2.33. The van der Waals surface area contributed by atoms with Gasteiger partial charge in [-0.1, -0.05) is 12.1 Å². The van der Waals surface area contributed by atoms with Gasteiger partial charge in [0, 0.05) is 13.0 Å². The van der Waals surface area contributed by atoms with Crippen molar-refractivity contribution in [2.24, 2.45) is 5.92 Å². The monoisotopic (exact) mass is 247 g/mol. The van der Waals surface area contributed by atoms with E-state index in [-0.39, 0.29) is 11.6 Å². The Morgan fingerprint density at radius 3 is 2.83 bits per heavy atom. The standard InChI is InChI=1S/C15H18FNO/c1-17(2)10-12-6-7-14(18)9-15(12)11-4-3-5-13(16)8-11/h3-5,8-9,12H,6-7,10H2,1-2H3. The van der Waals surface area contributed by atoms with E-state index in [0.29, 0.717) is 12.3 Å². The molecule has 96 valence electrons. The first kappa shape index (κ1) is 13.0. The molecule has 1 atom stereocenters. The summed E-state index contributed by atoms with van der Waals surface area (Å²) in [6.07, 6.45) is 3.13. The summed E-state index contributed by atoms with van der Waals surface area (Å²) < 4.78 is 13.3. The smallest absolute Gasteiger partial charge is 0.156 e. The van der Waals surface area contributed by atoms with Crippen LogP contribution in [0.3, 0.4) is 0 Å². The molecule has 0 N–H and O–H groups in total. The predicted molar refractivity (Wildman–Crippen MR) is 70.7 cm³/mol. The van der Waals surface area contributed by atoms with Crippen LogP contribution < -0.4 is 0 Å². The van der Waals surface area contributed by atoms with E-state index in [0.717, 1.165) is 24.1 Å². The van der Waals surface area contributed by atoms with Crippen LogP contribution >= 0.6 is 0 Å². The number of ketones is 1. The Morgan fingerprint density at radius 1 is 1.39 bits per heavy atom. The number of carbonyl (C=O) groups excluding carboxylic acids is 1. The van der Waals surface area contributed by atoms with Crippen molar-refractivity contribution in [2.45, 2.75) is 12.8 Å². The van der Waals surface area contributed by atoms with Gasteiger partial charge in [0.05, 0.1) is 0 Å². The normalized spacial score (nSPS) is 20.1. The molecule has 0 spiro atoms. The van der Waals surface area contributed by atoms with Crippen molar-refractivity contribution in [2.75, 3.05) is 20.6 Å². The molecule has 0 saturated heterocycles. The minimum absolute atomic E-state index is 0.143. The van der Waals surface area contributed by atoms with Crippen LogP contribution in [-0.2, 0) is 4.79 Å². The molecular formula is C15H18FNO. The molecule has 0 bridgehead atoms. The number of hydrogen-bond donors (Lipinski definition) is 0. The fourth-order valence-corrected chi connectivity index (χ4v) is 2.45. The molecule has 0 amide bonds. The van der Waals surface area contributed by atoms with E-state index in [1.54, 1.807) is 12.1 Å². The van der Waals surface area contributed by atoms with Crippen LogP contribution in [0.4, 0.5) is 4.39 Å². The van der Waals surface area contributed by atoms with Gasteiger partial charge in [-0.3, -0.25) is 4.79 Å². The first-order chi connectivity index (χ1) is 8.56. The van der Waals surface area contributed by atoms with Crippen molar-refractivity contribution in [3.8, 4) is 0 Å². The molecule has 0 fully saturated rings. The molecule has 1 unspecified atom stereocenters. The lowest BCUT2D eigenvalue weighted by Gasteiger charge is -2.26. The van der Waals surface area contributed by atoms with Crippen LogP contribution in [-0.4, -0.2) is 31.3 Å². The molecule has 0 heterocycles. The molecule has 18 heavy (non-hydrogen) atoms. The van der Waals surface area contributed by atoms with Gasteiger partial charge in [0.2, 0.25) is 0 Å². The lowest BCUT2D eigenvalue weighted by Crippen LogP contribution is -2.25. The van der Waals surface area contributed by atoms with E-state index in [1.807, 2.05) is 20.2 Å². The van der Waals surface area contributed by atoms with E-state index >= 15 is 0 Å². The quantitative estimate of drug-likeness (QED) is 0.818.